The molecule has 0 spiro atoms. The van der Waals surface area contributed by atoms with Crippen molar-refractivity contribution in [2.45, 2.75) is 17.9 Å². The topological polar surface area (TPSA) is 52.8 Å². The first kappa shape index (κ1) is 20.5. The zero-order valence-corrected chi connectivity index (χ0v) is 15.9. The number of hydrogen-bond donors (Lipinski definition) is 1. The average molecular weight is 397 g/mol. The fourth-order valence-corrected chi connectivity index (χ4v) is 3.47. The second-order valence-corrected chi connectivity index (χ2v) is 6.92. The van der Waals surface area contributed by atoms with Crippen LogP contribution < -0.4 is 10.3 Å². The van der Waals surface area contributed by atoms with Gasteiger partial charge >= 0.3 is 6.18 Å². The molecule has 8 heteroatoms. The third-order valence-corrected chi connectivity index (χ3v) is 4.93. The molecule has 0 aliphatic carbocycles. The minimum atomic E-state index is -4.54. The quantitative estimate of drug-likeness (QED) is 0.532. The predicted molar refractivity (Wildman–Crippen MR) is 103 cm³/mol. The number of alkyl halides is 3. The third kappa shape index (κ3) is 4.45. The van der Waals surface area contributed by atoms with Crippen molar-refractivity contribution in [3.8, 4) is 11.8 Å². The molecule has 1 heterocycles. The van der Waals surface area contributed by atoms with E-state index in [1.165, 1.54) is 49.7 Å². The molecule has 0 amide bonds. The van der Waals surface area contributed by atoms with Crippen LogP contribution in [0.25, 0.3) is 0 Å². The zero-order chi connectivity index (χ0) is 21.2. The van der Waals surface area contributed by atoms with Gasteiger partial charge in [-0.05, 0) is 41.3 Å². The van der Waals surface area contributed by atoms with Crippen molar-refractivity contribution >= 4 is 13.0 Å². The molecule has 0 aliphatic rings. The molecule has 1 aromatic heterocycles. The minimum absolute atomic E-state index is 0.105. The van der Waals surface area contributed by atoms with E-state index in [2.05, 4.69) is 0 Å². The summed E-state index contributed by atoms with van der Waals surface area (Å²) in [6, 6.07) is 13.9. The van der Waals surface area contributed by atoms with Gasteiger partial charge in [-0.1, -0.05) is 24.3 Å². The summed E-state index contributed by atoms with van der Waals surface area (Å²) in [4.78, 5) is 0. The number of phenolic OH excluding ortho intramolecular Hbond substituents is 1. The van der Waals surface area contributed by atoms with Crippen molar-refractivity contribution in [1.82, 2.24) is 4.57 Å². The Morgan fingerprint density at radius 3 is 2.34 bits per heavy atom. The number of aromatic hydroxyl groups is 1. The van der Waals surface area contributed by atoms with Crippen LogP contribution in [0.15, 0.2) is 60.9 Å². The van der Waals surface area contributed by atoms with E-state index < -0.39 is 17.9 Å². The molecule has 0 fully saturated rings. The van der Waals surface area contributed by atoms with Gasteiger partial charge in [-0.2, -0.15) is 25.7 Å². The van der Waals surface area contributed by atoms with E-state index in [4.69, 9.17) is 5.26 Å². The first-order chi connectivity index (χ1) is 13.7. The van der Waals surface area contributed by atoms with Gasteiger partial charge in [-0.25, -0.2) is 0 Å². The monoisotopic (exact) mass is 397 g/mol. The van der Waals surface area contributed by atoms with Crippen LogP contribution in [-0.2, 0) is 14.1 Å². The van der Waals surface area contributed by atoms with Crippen LogP contribution in [0.1, 0.15) is 22.6 Å². The molecule has 0 saturated heterocycles. The van der Waals surface area contributed by atoms with Gasteiger partial charge in [-0.3, -0.25) is 9.13 Å². The summed E-state index contributed by atoms with van der Waals surface area (Å²) in [5.74, 6) is -3.05. The summed E-state index contributed by atoms with van der Waals surface area (Å²) in [6.45, 7) is 0. The van der Waals surface area contributed by atoms with Gasteiger partial charge in [-0.15, -0.1) is 5.82 Å². The second-order valence-electron chi connectivity index (χ2n) is 6.92. The normalized spacial score (nSPS) is 13.7. The number of imidazole rings is 1. The number of aromatic nitrogens is 2. The van der Waals surface area contributed by atoms with Crippen LogP contribution in [0.2, 0.25) is 5.82 Å². The molecule has 29 heavy (non-hydrogen) atoms. The lowest BCUT2D eigenvalue weighted by Crippen LogP contribution is -2.53. The molecule has 3 aromatic rings. The van der Waals surface area contributed by atoms with Gasteiger partial charge in [0.2, 0.25) is 0 Å². The van der Waals surface area contributed by atoms with Crippen molar-refractivity contribution in [1.29, 1.82) is 5.26 Å². The highest BCUT2D eigenvalue weighted by Crippen LogP contribution is 2.45. The number of rotatable bonds is 5. The SMILES string of the molecule is Cn1cc[n+](C)c1[B-][C@@H]([C@@H](c1ccc(C#N)cc1)c1cccc(O)c1)C(F)(F)F. The summed E-state index contributed by atoms with van der Waals surface area (Å²) in [5.41, 5.74) is 1.52. The van der Waals surface area contributed by atoms with Crippen molar-refractivity contribution in [3.63, 3.8) is 0 Å². The molecule has 2 aromatic carbocycles. The summed E-state index contributed by atoms with van der Waals surface area (Å²) in [5, 5.41) is 18.9. The van der Waals surface area contributed by atoms with Crippen molar-refractivity contribution < 1.29 is 22.8 Å². The first-order valence-electron chi connectivity index (χ1n) is 8.92. The van der Waals surface area contributed by atoms with Crippen LogP contribution in [-0.4, -0.2) is 23.1 Å². The maximum Gasteiger partial charge on any atom is 0.357 e. The van der Waals surface area contributed by atoms with Crippen molar-refractivity contribution in [2.75, 3.05) is 0 Å². The summed E-state index contributed by atoms with van der Waals surface area (Å²) in [7, 11) is 4.57. The van der Waals surface area contributed by atoms with Gasteiger partial charge in [0.15, 0.2) is 0 Å². The number of nitriles is 1. The lowest BCUT2D eigenvalue weighted by atomic mass is 9.55. The molecule has 2 radical (unpaired) electrons. The Kier molecular flexibility index (Phi) is 5.69. The Bertz CT molecular complexity index is 1020. The number of nitrogens with zero attached hydrogens (tertiary/aromatic N) is 3. The third-order valence-electron chi connectivity index (χ3n) is 4.93. The molecular weight excluding hydrogens is 378 g/mol. The Hall–Kier alpha value is -3.21. The summed E-state index contributed by atoms with van der Waals surface area (Å²) >= 11 is 0. The standard InChI is InChI=1S/C21H18BF3N3O/c1-27-10-11-28(2)20(27)22-19(21(23,24)25)18(16-4-3-5-17(29)12-16)15-8-6-14(13-26)7-9-15/h3-12,18-19H,1-2H3/q-1/p+1/t18-,19-/m0/s1. The van der Waals surface area contributed by atoms with E-state index in [0.717, 1.165) is 0 Å². The molecule has 0 unspecified atom stereocenters. The zero-order valence-electron chi connectivity index (χ0n) is 15.9. The Labute approximate surface area is 167 Å². The van der Waals surface area contributed by atoms with E-state index in [1.54, 1.807) is 41.7 Å². The van der Waals surface area contributed by atoms with Crippen LogP contribution in [0.3, 0.4) is 0 Å². The van der Waals surface area contributed by atoms with Crippen LogP contribution in [0.4, 0.5) is 13.2 Å². The molecule has 4 nitrogen and oxygen atoms in total. The summed E-state index contributed by atoms with van der Waals surface area (Å²) in [6.07, 6.45) is -1.17. The maximum atomic E-state index is 14.3. The van der Waals surface area contributed by atoms with Gasteiger partial charge in [0.1, 0.15) is 18.1 Å². The number of aryl methyl sites for hydroxylation is 2. The molecule has 0 bridgehead atoms. The van der Waals surface area contributed by atoms with Gasteiger partial charge in [0, 0.05) is 5.72 Å². The Morgan fingerprint density at radius 2 is 1.83 bits per heavy atom. The van der Waals surface area contributed by atoms with Gasteiger partial charge in [0.05, 0.1) is 25.7 Å². The highest BCUT2D eigenvalue weighted by Gasteiger charge is 2.39. The maximum absolute atomic E-state index is 14.3. The van der Waals surface area contributed by atoms with E-state index in [9.17, 15) is 18.3 Å². The van der Waals surface area contributed by atoms with Gasteiger partial charge < -0.3 is 5.11 Å². The van der Waals surface area contributed by atoms with E-state index in [0.29, 0.717) is 22.4 Å². The highest BCUT2D eigenvalue weighted by atomic mass is 19.4. The lowest BCUT2D eigenvalue weighted by molar-refractivity contribution is -0.653. The largest absolute Gasteiger partial charge is 0.508 e. The molecule has 3 rings (SSSR count). The van der Waals surface area contributed by atoms with E-state index in [1.807, 2.05) is 6.07 Å². The second kappa shape index (κ2) is 8.04. The predicted octanol–water partition coefficient (Wildman–Crippen LogP) is 2.94. The first-order valence-corrected chi connectivity index (χ1v) is 8.92. The fourth-order valence-electron chi connectivity index (χ4n) is 3.47. The molecule has 1 N–H and O–H groups in total. The van der Waals surface area contributed by atoms with Crippen molar-refractivity contribution in [3.05, 3.63) is 77.6 Å². The number of benzene rings is 2. The number of hydrogen-bond acceptors (Lipinski definition) is 2. The highest BCUT2D eigenvalue weighted by molar-refractivity contribution is 6.52. The smallest absolute Gasteiger partial charge is 0.357 e. The number of phenols is 1. The molecule has 0 aliphatic heterocycles. The Morgan fingerprint density at radius 1 is 1.14 bits per heavy atom. The molecule has 2 atom stereocenters. The van der Waals surface area contributed by atoms with Crippen LogP contribution >= 0.6 is 0 Å². The van der Waals surface area contributed by atoms with Crippen LogP contribution in [0.5, 0.6) is 5.75 Å². The minimum Gasteiger partial charge on any atom is -0.508 e. The van der Waals surface area contributed by atoms with E-state index in [-0.39, 0.29) is 5.75 Å². The summed E-state index contributed by atoms with van der Waals surface area (Å²) < 4.78 is 46.1. The lowest BCUT2D eigenvalue weighted by Gasteiger charge is -2.37. The molecule has 148 valence electrons. The van der Waals surface area contributed by atoms with Gasteiger partial charge in [0.25, 0.3) is 0 Å². The average Bonchev–Trinajstić information content (AvgIpc) is 2.99. The fraction of sp³-hybridized carbons (Fsp3) is 0.238. The molecule has 0 saturated carbocycles. The van der Waals surface area contributed by atoms with E-state index >= 15 is 0 Å². The van der Waals surface area contributed by atoms with Crippen molar-refractivity contribution in [2.24, 2.45) is 14.1 Å². The van der Waals surface area contributed by atoms with Crippen LogP contribution in [0, 0.1) is 11.3 Å². The Balaban J connectivity index is 2.15. The molecular formula is C21H19BF3N3O. The number of halogens is 3.